The Bertz CT molecular complexity index is 1530. The minimum absolute atomic E-state index is 0.222. The molecule has 9 nitrogen and oxygen atoms in total. The smallest absolute Gasteiger partial charge is 0.282 e. The molecule has 41 heavy (non-hydrogen) atoms. The van der Waals surface area contributed by atoms with Crippen molar-refractivity contribution >= 4 is 27.6 Å². The summed E-state index contributed by atoms with van der Waals surface area (Å²) in [7, 11) is -4.33. The highest BCUT2D eigenvalue weighted by Gasteiger charge is 2.41. The molecular formula is C31H39N5O4S. The lowest BCUT2D eigenvalue weighted by Gasteiger charge is -2.34. The Kier molecular flexibility index (Phi) is 7.72. The molecule has 4 bridgehead atoms. The molecule has 4 heterocycles. The van der Waals surface area contributed by atoms with Gasteiger partial charge in [0, 0.05) is 41.9 Å². The quantitative estimate of drug-likeness (QED) is 0.432. The number of sulfonamides is 1. The molecule has 1 amide bonds. The Morgan fingerprint density at radius 3 is 2.56 bits per heavy atom. The number of amides is 1. The fourth-order valence-corrected chi connectivity index (χ4v) is 6.52. The summed E-state index contributed by atoms with van der Waals surface area (Å²) in [6, 6.07) is 16.1. The van der Waals surface area contributed by atoms with Crippen LogP contribution in [0, 0.1) is 5.92 Å². The number of ether oxygens (including phenoxy) is 1. The van der Waals surface area contributed by atoms with E-state index in [-0.39, 0.29) is 28.2 Å². The van der Waals surface area contributed by atoms with Crippen molar-refractivity contribution in [2.24, 2.45) is 5.92 Å². The molecule has 0 spiro atoms. The van der Waals surface area contributed by atoms with E-state index in [0.29, 0.717) is 29.8 Å². The third-order valence-electron chi connectivity index (χ3n) is 7.72. The van der Waals surface area contributed by atoms with Crippen LogP contribution < -0.4 is 19.7 Å². The second-order valence-electron chi connectivity index (χ2n) is 12.6. The zero-order valence-corrected chi connectivity index (χ0v) is 25.2. The summed E-state index contributed by atoms with van der Waals surface area (Å²) in [6.45, 7) is 12.1. The van der Waals surface area contributed by atoms with Crippen LogP contribution in [0.4, 0.5) is 11.6 Å². The number of benzene rings is 1. The molecule has 2 N–H and O–H groups in total. The first kappa shape index (κ1) is 28.9. The van der Waals surface area contributed by atoms with E-state index < -0.39 is 15.9 Å². The van der Waals surface area contributed by atoms with Gasteiger partial charge in [0.1, 0.15) is 24.0 Å². The van der Waals surface area contributed by atoms with Gasteiger partial charge >= 0.3 is 0 Å². The van der Waals surface area contributed by atoms with Crippen LogP contribution in [0.15, 0.2) is 59.6 Å². The molecule has 0 radical (unpaired) electrons. The molecule has 1 saturated heterocycles. The van der Waals surface area contributed by atoms with Gasteiger partial charge in [0.2, 0.25) is 0 Å². The van der Waals surface area contributed by atoms with E-state index in [1.807, 2.05) is 30.3 Å². The molecule has 1 aromatic carbocycles. The van der Waals surface area contributed by atoms with Gasteiger partial charge in [-0.15, -0.1) is 0 Å². The molecular weight excluding hydrogens is 538 g/mol. The number of carbonyl (C=O) groups excluding carboxylic acids is 1. The van der Waals surface area contributed by atoms with Crippen molar-refractivity contribution in [3.63, 3.8) is 0 Å². The third kappa shape index (κ3) is 6.48. The second-order valence-corrected chi connectivity index (χ2v) is 14.2. The maximum absolute atomic E-state index is 13.7. The van der Waals surface area contributed by atoms with Gasteiger partial charge in [0.05, 0.1) is 5.56 Å². The Labute approximate surface area is 242 Å². The largest absolute Gasteiger partial charge is 0.489 e. The van der Waals surface area contributed by atoms with Crippen LogP contribution in [0.1, 0.15) is 75.5 Å². The van der Waals surface area contributed by atoms with Gasteiger partial charge in [-0.25, -0.2) is 14.7 Å². The predicted octanol–water partition coefficient (Wildman–Crippen LogP) is 5.28. The molecule has 3 aromatic rings. The number of aromatic nitrogens is 2. The summed E-state index contributed by atoms with van der Waals surface area (Å²) in [4.78, 5) is 25.1. The second kappa shape index (κ2) is 11.0. The van der Waals surface area contributed by atoms with E-state index >= 15 is 0 Å². The van der Waals surface area contributed by atoms with Gasteiger partial charge < -0.3 is 15.0 Å². The van der Waals surface area contributed by atoms with Crippen molar-refractivity contribution < 1.29 is 17.9 Å². The highest BCUT2D eigenvalue weighted by atomic mass is 32.2. The number of anilines is 2. The first-order chi connectivity index (χ1) is 19.3. The lowest BCUT2D eigenvalue weighted by atomic mass is 9.91. The molecule has 2 aliphatic heterocycles. The van der Waals surface area contributed by atoms with E-state index in [0.717, 1.165) is 37.1 Å². The number of nitrogens with one attached hydrogen (secondary N) is 2. The number of hydrogen-bond acceptors (Lipinski definition) is 8. The monoisotopic (exact) mass is 577 g/mol. The highest BCUT2D eigenvalue weighted by Crippen LogP contribution is 2.40. The zero-order valence-electron chi connectivity index (χ0n) is 24.4. The zero-order chi connectivity index (χ0) is 29.4. The summed E-state index contributed by atoms with van der Waals surface area (Å²) >= 11 is 0. The fraction of sp³-hybridized carbons (Fsp3) is 0.452. The van der Waals surface area contributed by atoms with E-state index in [1.54, 1.807) is 18.2 Å². The van der Waals surface area contributed by atoms with Gasteiger partial charge in [0.15, 0.2) is 5.03 Å². The van der Waals surface area contributed by atoms with Gasteiger partial charge in [0.25, 0.3) is 15.9 Å². The Morgan fingerprint density at radius 1 is 1.07 bits per heavy atom. The van der Waals surface area contributed by atoms with Crippen LogP contribution in [-0.2, 0) is 22.0 Å². The summed E-state index contributed by atoms with van der Waals surface area (Å²) < 4.78 is 35.3. The van der Waals surface area contributed by atoms with Crippen LogP contribution in [0.2, 0.25) is 0 Å². The van der Waals surface area contributed by atoms with E-state index in [4.69, 9.17) is 9.72 Å². The summed E-state index contributed by atoms with van der Waals surface area (Å²) in [5.74, 6) is 0.893. The molecule has 2 aliphatic rings. The lowest BCUT2D eigenvalue weighted by Crippen LogP contribution is -2.41. The van der Waals surface area contributed by atoms with Crippen LogP contribution in [0.3, 0.4) is 0 Å². The summed E-state index contributed by atoms with van der Waals surface area (Å²) in [5, 5.41) is 2.97. The Morgan fingerprint density at radius 2 is 1.83 bits per heavy atom. The van der Waals surface area contributed by atoms with Crippen molar-refractivity contribution in [3.05, 3.63) is 71.4 Å². The van der Waals surface area contributed by atoms with Gasteiger partial charge in [-0.05, 0) is 56.7 Å². The molecule has 10 heteroatoms. The SMILES string of the molecule is CC(C)(C)c1ccc2c(n1)N1CC(CCCNc3cc(OCc4ccccc4)cc(n3)S(=O)(=O)NC2=O)CC1(C)C. The highest BCUT2D eigenvalue weighted by molar-refractivity contribution is 7.90. The lowest BCUT2D eigenvalue weighted by molar-refractivity contribution is 0.0981. The molecule has 0 saturated carbocycles. The molecule has 1 fully saturated rings. The predicted molar refractivity (Wildman–Crippen MR) is 160 cm³/mol. The standard InChI is InChI=1S/C31H39N5O4S/c1-30(2,3)25-14-13-24-28(33-25)36-19-22(18-31(36,4)5)12-9-15-32-26-16-23(40-20-21-10-7-6-8-11-21)17-27(34-26)41(38,39)35-29(24)37/h6-8,10-11,13-14,16-17,22H,9,12,15,18-20H2,1-5H3,(H,32,34)(H,35,37). The number of hydrogen-bond donors (Lipinski definition) is 2. The first-order valence-electron chi connectivity index (χ1n) is 14.1. The minimum atomic E-state index is -4.33. The van der Waals surface area contributed by atoms with E-state index in [1.165, 1.54) is 6.07 Å². The number of rotatable bonds is 3. The topological polar surface area (TPSA) is 114 Å². The molecule has 1 atom stereocenters. The third-order valence-corrected chi connectivity index (χ3v) is 8.94. The summed E-state index contributed by atoms with van der Waals surface area (Å²) in [5.41, 5.74) is 1.51. The van der Waals surface area contributed by atoms with Crippen molar-refractivity contribution in [1.29, 1.82) is 0 Å². The Hall–Kier alpha value is -3.66. The van der Waals surface area contributed by atoms with Crippen molar-refractivity contribution in [2.75, 3.05) is 23.3 Å². The minimum Gasteiger partial charge on any atom is -0.489 e. The molecule has 0 aliphatic carbocycles. The van der Waals surface area contributed by atoms with Gasteiger partial charge in [-0.3, -0.25) is 4.79 Å². The average molecular weight is 578 g/mol. The molecule has 218 valence electrons. The first-order valence-corrected chi connectivity index (χ1v) is 15.6. The van der Waals surface area contributed by atoms with Crippen LogP contribution in [0.5, 0.6) is 5.75 Å². The maximum Gasteiger partial charge on any atom is 0.282 e. The van der Waals surface area contributed by atoms with E-state index in [2.05, 4.69) is 54.5 Å². The molecule has 2 aromatic heterocycles. The van der Waals surface area contributed by atoms with Gasteiger partial charge in [-0.2, -0.15) is 8.42 Å². The normalized spacial score (nSPS) is 20.2. The van der Waals surface area contributed by atoms with Gasteiger partial charge in [-0.1, -0.05) is 51.1 Å². The van der Waals surface area contributed by atoms with Crippen molar-refractivity contribution in [3.8, 4) is 5.75 Å². The van der Waals surface area contributed by atoms with Crippen molar-refractivity contribution in [1.82, 2.24) is 14.7 Å². The van der Waals surface area contributed by atoms with Crippen LogP contribution >= 0.6 is 0 Å². The van der Waals surface area contributed by atoms with Crippen molar-refractivity contribution in [2.45, 2.75) is 76.5 Å². The molecule has 1 unspecified atom stereocenters. The number of nitrogens with zero attached hydrogens (tertiary/aromatic N) is 3. The number of pyridine rings is 2. The van der Waals surface area contributed by atoms with Crippen LogP contribution in [0.25, 0.3) is 0 Å². The van der Waals surface area contributed by atoms with E-state index in [9.17, 15) is 13.2 Å². The average Bonchev–Trinajstić information content (AvgIpc) is 3.22. The van der Waals surface area contributed by atoms with Crippen LogP contribution in [-0.4, -0.2) is 42.9 Å². The number of fused-ring (bicyclic) bond motifs is 6. The molecule has 5 rings (SSSR count). The fourth-order valence-electron chi connectivity index (χ4n) is 5.57. The summed E-state index contributed by atoms with van der Waals surface area (Å²) in [6.07, 6.45) is 2.80. The maximum atomic E-state index is 13.7. The Balaban J connectivity index is 1.54. The number of carbonyl (C=O) groups is 1.